The van der Waals surface area contributed by atoms with E-state index in [-0.39, 0.29) is 30.2 Å². The van der Waals surface area contributed by atoms with Crippen molar-refractivity contribution in [3.05, 3.63) is 77.2 Å². The van der Waals surface area contributed by atoms with Crippen LogP contribution in [-0.2, 0) is 4.74 Å². The van der Waals surface area contributed by atoms with Gasteiger partial charge in [-0.3, -0.25) is 14.8 Å². The maximum Gasteiger partial charge on any atom is 0.274 e. The Kier molecular flexibility index (Phi) is 8.92. The number of anilines is 3. The first-order valence-corrected chi connectivity index (χ1v) is 16.3. The van der Waals surface area contributed by atoms with Crippen molar-refractivity contribution in [3.63, 3.8) is 0 Å². The average Bonchev–Trinajstić information content (AvgIpc) is 3.42. The zero-order chi connectivity index (χ0) is 33.2. The summed E-state index contributed by atoms with van der Waals surface area (Å²) in [5.41, 5.74) is 4.84. The quantitative estimate of drug-likeness (QED) is 0.285. The third kappa shape index (κ3) is 6.54. The van der Waals surface area contributed by atoms with Gasteiger partial charge < -0.3 is 24.6 Å². The summed E-state index contributed by atoms with van der Waals surface area (Å²) in [7, 11) is 0. The molecule has 5 heterocycles. The van der Waals surface area contributed by atoms with Crippen LogP contribution in [0.5, 0.6) is 5.75 Å². The van der Waals surface area contributed by atoms with Crippen LogP contribution in [0, 0.1) is 25.2 Å². The topological polar surface area (TPSA) is 136 Å². The molecule has 4 aromatic rings. The Balaban J connectivity index is 0.965. The van der Waals surface area contributed by atoms with E-state index in [0.717, 1.165) is 56.3 Å². The van der Waals surface area contributed by atoms with Gasteiger partial charge in [0, 0.05) is 73.5 Å². The number of aromatic nitrogens is 4. The van der Waals surface area contributed by atoms with Crippen LogP contribution in [0.1, 0.15) is 33.7 Å². The monoisotopic (exact) mass is 651 g/mol. The molecule has 48 heavy (non-hydrogen) atoms. The average molecular weight is 652 g/mol. The number of piperidine rings is 1. The number of amides is 1. The number of nitrogens with one attached hydrogen (secondary N) is 2. The molecule has 2 N–H and O–H groups in total. The third-order valence-electron chi connectivity index (χ3n) is 9.47. The number of benzene rings is 2. The number of piperazine rings is 1. The Morgan fingerprint density at radius 1 is 1.08 bits per heavy atom. The van der Waals surface area contributed by atoms with Crippen molar-refractivity contribution in [3.8, 4) is 23.2 Å². The Morgan fingerprint density at radius 3 is 2.54 bits per heavy atom. The maximum atomic E-state index is 15.3. The largest absolute Gasteiger partial charge is 0.486 e. The van der Waals surface area contributed by atoms with Gasteiger partial charge in [-0.25, -0.2) is 14.4 Å². The highest BCUT2D eigenvalue weighted by atomic mass is 19.1. The van der Waals surface area contributed by atoms with Crippen LogP contribution in [0.3, 0.4) is 0 Å². The van der Waals surface area contributed by atoms with Gasteiger partial charge in [0.15, 0.2) is 17.7 Å². The van der Waals surface area contributed by atoms with Crippen LogP contribution in [-0.4, -0.2) is 107 Å². The van der Waals surface area contributed by atoms with Crippen LogP contribution >= 0.6 is 0 Å². The fraction of sp³-hybridized carbons (Fsp3) is 0.400. The number of aromatic amines is 1. The van der Waals surface area contributed by atoms with Crippen molar-refractivity contribution < 1.29 is 18.7 Å². The van der Waals surface area contributed by atoms with E-state index < -0.39 is 12.3 Å². The number of hydrogen-bond donors (Lipinski definition) is 2. The first-order valence-electron chi connectivity index (χ1n) is 16.3. The molecule has 3 aliphatic rings. The number of hydrogen-bond acceptors (Lipinski definition) is 10. The molecule has 0 saturated carbocycles. The predicted octanol–water partition coefficient (Wildman–Crippen LogP) is 4.25. The molecule has 248 valence electrons. The molecular formula is C35H38FN9O3. The van der Waals surface area contributed by atoms with Crippen LogP contribution < -0.4 is 15.0 Å². The van der Waals surface area contributed by atoms with Crippen LogP contribution in [0.25, 0.3) is 11.4 Å². The van der Waals surface area contributed by atoms with E-state index in [1.807, 2.05) is 26.0 Å². The lowest BCUT2D eigenvalue weighted by atomic mass is 10.0. The molecule has 3 fully saturated rings. The van der Waals surface area contributed by atoms with Gasteiger partial charge in [-0.15, -0.1) is 0 Å². The van der Waals surface area contributed by atoms with Crippen molar-refractivity contribution in [1.29, 1.82) is 5.26 Å². The summed E-state index contributed by atoms with van der Waals surface area (Å²) in [5.74, 6) is 1.02. The number of carbonyl (C=O) groups excluding carboxylic acids is 1. The third-order valence-corrected chi connectivity index (χ3v) is 9.47. The summed E-state index contributed by atoms with van der Waals surface area (Å²) in [5, 5.41) is 20.2. The van der Waals surface area contributed by atoms with Crippen molar-refractivity contribution in [2.45, 2.75) is 38.6 Å². The first kappa shape index (κ1) is 31.5. The van der Waals surface area contributed by atoms with E-state index in [2.05, 4.69) is 53.5 Å². The number of rotatable bonds is 8. The van der Waals surface area contributed by atoms with E-state index in [0.29, 0.717) is 35.5 Å². The maximum absolute atomic E-state index is 15.3. The van der Waals surface area contributed by atoms with E-state index in [9.17, 15) is 10.1 Å². The molecule has 1 amide bonds. The molecule has 0 unspecified atom stereocenters. The molecule has 0 aliphatic carbocycles. The van der Waals surface area contributed by atoms with Gasteiger partial charge >= 0.3 is 0 Å². The minimum atomic E-state index is -1.42. The van der Waals surface area contributed by atoms with Gasteiger partial charge in [0.1, 0.15) is 23.7 Å². The molecule has 7 rings (SSSR count). The van der Waals surface area contributed by atoms with Gasteiger partial charge in [-0.2, -0.15) is 10.4 Å². The van der Waals surface area contributed by atoms with E-state index in [1.54, 1.807) is 30.5 Å². The number of alkyl halides is 1. The molecule has 13 heteroatoms. The van der Waals surface area contributed by atoms with E-state index in [4.69, 9.17) is 9.47 Å². The summed E-state index contributed by atoms with van der Waals surface area (Å²) in [4.78, 5) is 28.4. The smallest absolute Gasteiger partial charge is 0.274 e. The zero-order valence-electron chi connectivity index (χ0n) is 27.0. The predicted molar refractivity (Wildman–Crippen MR) is 178 cm³/mol. The van der Waals surface area contributed by atoms with Gasteiger partial charge in [0.25, 0.3) is 5.91 Å². The molecule has 12 nitrogen and oxygen atoms in total. The van der Waals surface area contributed by atoms with Crippen LogP contribution in [0.4, 0.5) is 21.6 Å². The zero-order valence-corrected chi connectivity index (χ0v) is 27.0. The molecule has 0 bridgehead atoms. The molecule has 3 saturated heterocycles. The fourth-order valence-corrected chi connectivity index (χ4v) is 6.32. The first-order chi connectivity index (χ1) is 23.4. The number of H-pyrrole nitrogens is 1. The second kappa shape index (κ2) is 13.6. The van der Waals surface area contributed by atoms with Gasteiger partial charge in [-0.1, -0.05) is 0 Å². The van der Waals surface area contributed by atoms with Gasteiger partial charge in [0.2, 0.25) is 0 Å². The highest BCUT2D eigenvalue weighted by Gasteiger charge is 2.35. The number of aryl methyl sites for hydroxylation is 1. The van der Waals surface area contributed by atoms with Crippen molar-refractivity contribution in [2.75, 3.05) is 62.7 Å². The minimum Gasteiger partial charge on any atom is -0.486 e. The summed E-state index contributed by atoms with van der Waals surface area (Å²) in [6.45, 7) is 9.64. The van der Waals surface area contributed by atoms with Gasteiger partial charge in [-0.05, 0) is 62.4 Å². The number of ether oxygens (including phenoxy) is 2. The number of nitrogens with zero attached hydrogens (tertiary/aromatic N) is 7. The fourth-order valence-electron chi connectivity index (χ4n) is 6.32. The molecule has 2 aromatic heterocycles. The second-order valence-corrected chi connectivity index (χ2v) is 12.5. The molecule has 0 radical (unpaired) electrons. The Labute approximate surface area is 278 Å². The molecule has 3 aliphatic heterocycles. The highest BCUT2D eigenvalue weighted by Crippen LogP contribution is 2.30. The lowest BCUT2D eigenvalue weighted by Gasteiger charge is -2.43. The summed E-state index contributed by atoms with van der Waals surface area (Å²) in [6.07, 6.45) is -0.271. The van der Waals surface area contributed by atoms with Gasteiger partial charge in [0.05, 0.1) is 31.4 Å². The summed E-state index contributed by atoms with van der Waals surface area (Å²) < 4.78 is 26.6. The van der Waals surface area contributed by atoms with Crippen molar-refractivity contribution in [1.82, 2.24) is 30.0 Å². The standard InChI is InChI=1S/C35H38FN9O3/c1-22-23(2)41-42-33(22)35(46)45-12-10-31(29(36)19-45)48-30-8-3-24(17-25(30)18-37)34-38-11-9-32(40-34)39-26-4-6-27(7-5-26)43-13-15-44(16-14-43)28-20-47-21-28/h3-9,11,17,28-29,31H,10,12-16,19-21H2,1-2H3,(H,41,42)(H,38,39,40)/t29-,31+/m1/s1. The summed E-state index contributed by atoms with van der Waals surface area (Å²) >= 11 is 0. The Morgan fingerprint density at radius 2 is 1.88 bits per heavy atom. The van der Waals surface area contributed by atoms with E-state index >= 15 is 4.39 Å². The number of carbonyl (C=O) groups is 1. The normalized spacial score (nSPS) is 20.2. The van der Waals surface area contributed by atoms with Crippen molar-refractivity contribution in [2.24, 2.45) is 0 Å². The minimum absolute atomic E-state index is 0.112. The van der Waals surface area contributed by atoms with Crippen LogP contribution in [0.2, 0.25) is 0 Å². The SMILES string of the molecule is Cc1[nH]nc(C(=O)N2CC[C@H](Oc3ccc(-c4nccc(Nc5ccc(N6CCN(C7COC7)CC6)cc5)n4)cc3C#N)[C@H](F)C2)c1C. The number of nitriles is 1. The lowest BCUT2D eigenvalue weighted by Crippen LogP contribution is -2.56. The second-order valence-electron chi connectivity index (χ2n) is 12.5. The highest BCUT2D eigenvalue weighted by molar-refractivity contribution is 5.94. The lowest BCUT2D eigenvalue weighted by molar-refractivity contribution is -0.0660. The Hall–Kier alpha value is -5.06. The Bertz CT molecular complexity index is 1810. The van der Waals surface area contributed by atoms with E-state index in [1.165, 1.54) is 10.6 Å². The van der Waals surface area contributed by atoms with Crippen molar-refractivity contribution >= 4 is 23.1 Å². The molecular weight excluding hydrogens is 613 g/mol. The van der Waals surface area contributed by atoms with Crippen LogP contribution in [0.15, 0.2) is 54.7 Å². The molecule has 2 aromatic carbocycles. The number of halogens is 1. The number of likely N-dealkylation sites (tertiary alicyclic amines) is 1. The molecule has 2 atom stereocenters. The molecule has 0 spiro atoms. The summed E-state index contributed by atoms with van der Waals surface area (Å²) in [6, 6.07) is 17.9.